The highest BCUT2D eigenvalue weighted by molar-refractivity contribution is 6.01. The van der Waals surface area contributed by atoms with E-state index < -0.39 is 5.92 Å². The van der Waals surface area contributed by atoms with Gasteiger partial charge >= 0.3 is 0 Å². The number of benzene rings is 2. The molecule has 3 amide bonds. The van der Waals surface area contributed by atoms with Gasteiger partial charge in [0.15, 0.2) is 11.5 Å². The van der Waals surface area contributed by atoms with Crippen LogP contribution in [0.2, 0.25) is 0 Å². The van der Waals surface area contributed by atoms with Crippen molar-refractivity contribution in [2.24, 2.45) is 5.92 Å². The first-order chi connectivity index (χ1) is 17.4. The molecule has 0 N–H and O–H groups in total. The number of methoxy groups -OCH3 is 3. The Kier molecular flexibility index (Phi) is 7.67. The third-order valence-corrected chi connectivity index (χ3v) is 6.92. The Morgan fingerprint density at radius 3 is 2.00 bits per heavy atom. The number of aryl methyl sites for hydroxylation is 1. The van der Waals surface area contributed by atoms with Crippen LogP contribution in [0.3, 0.4) is 0 Å². The fraction of sp³-hybridized carbons (Fsp3) is 0.444. The minimum absolute atomic E-state index is 0.0191. The highest BCUT2D eigenvalue weighted by atomic mass is 16.5. The maximum atomic E-state index is 13.3. The summed E-state index contributed by atoms with van der Waals surface area (Å²) in [6, 6.07) is 11.1. The van der Waals surface area contributed by atoms with Crippen LogP contribution in [0.4, 0.5) is 5.69 Å². The largest absolute Gasteiger partial charge is 0.493 e. The van der Waals surface area contributed by atoms with Crippen molar-refractivity contribution in [1.82, 2.24) is 9.80 Å². The number of amides is 3. The molecule has 1 atom stereocenters. The van der Waals surface area contributed by atoms with E-state index in [-0.39, 0.29) is 30.7 Å². The topological polar surface area (TPSA) is 88.6 Å². The molecule has 0 spiro atoms. The summed E-state index contributed by atoms with van der Waals surface area (Å²) < 4.78 is 16.2. The molecule has 2 saturated heterocycles. The molecule has 2 aromatic rings. The SMILES string of the molecule is CCc1ccc(C(=O)N2CCN(C(=O)C3CC(=O)N(c4cc(OC)c(OC)c(OC)c4)C3)CC2)cc1. The molecule has 2 aliphatic rings. The number of hydrogen-bond donors (Lipinski definition) is 0. The lowest BCUT2D eigenvalue weighted by molar-refractivity contribution is -0.137. The van der Waals surface area contributed by atoms with Crippen molar-refractivity contribution in [3.05, 3.63) is 47.5 Å². The monoisotopic (exact) mass is 495 g/mol. The summed E-state index contributed by atoms with van der Waals surface area (Å²) in [7, 11) is 4.55. The average molecular weight is 496 g/mol. The van der Waals surface area contributed by atoms with Crippen LogP contribution >= 0.6 is 0 Å². The van der Waals surface area contributed by atoms with Crippen LogP contribution in [0, 0.1) is 5.92 Å². The number of nitrogens with zero attached hydrogens (tertiary/aromatic N) is 3. The van der Waals surface area contributed by atoms with E-state index in [2.05, 4.69) is 6.92 Å². The number of rotatable bonds is 7. The molecule has 1 unspecified atom stereocenters. The van der Waals surface area contributed by atoms with Gasteiger partial charge in [0.1, 0.15) is 0 Å². The molecule has 9 nitrogen and oxygen atoms in total. The molecule has 0 bridgehead atoms. The third-order valence-electron chi connectivity index (χ3n) is 6.92. The minimum atomic E-state index is -0.444. The van der Waals surface area contributed by atoms with Crippen LogP contribution < -0.4 is 19.1 Å². The number of carbonyl (C=O) groups excluding carboxylic acids is 3. The summed E-state index contributed by atoms with van der Waals surface area (Å²) >= 11 is 0. The number of hydrogen-bond acceptors (Lipinski definition) is 6. The molecule has 2 aliphatic heterocycles. The Labute approximate surface area is 211 Å². The number of anilines is 1. The second kappa shape index (κ2) is 10.9. The van der Waals surface area contributed by atoms with Gasteiger partial charge in [-0.05, 0) is 24.1 Å². The van der Waals surface area contributed by atoms with E-state index in [0.29, 0.717) is 54.7 Å². The molecule has 0 aromatic heterocycles. The van der Waals surface area contributed by atoms with E-state index in [1.54, 1.807) is 26.8 Å². The normalized spacial score (nSPS) is 17.8. The summed E-state index contributed by atoms with van der Waals surface area (Å²) in [4.78, 5) is 44.1. The second-order valence-corrected chi connectivity index (χ2v) is 8.96. The molecule has 36 heavy (non-hydrogen) atoms. The molecular formula is C27H33N3O6. The number of carbonyl (C=O) groups is 3. The van der Waals surface area contributed by atoms with Crippen molar-refractivity contribution in [3.8, 4) is 17.2 Å². The summed E-state index contributed by atoms with van der Waals surface area (Å²) in [5.74, 6) is 0.676. The van der Waals surface area contributed by atoms with Crippen LogP contribution in [-0.2, 0) is 16.0 Å². The highest BCUT2D eigenvalue weighted by Gasteiger charge is 2.39. The number of piperazine rings is 1. The third kappa shape index (κ3) is 4.96. The van der Waals surface area contributed by atoms with Crippen molar-refractivity contribution in [2.45, 2.75) is 19.8 Å². The summed E-state index contributed by atoms with van der Waals surface area (Å²) in [6.45, 7) is 4.20. The van der Waals surface area contributed by atoms with Crippen molar-refractivity contribution < 1.29 is 28.6 Å². The lowest BCUT2D eigenvalue weighted by atomic mass is 10.1. The first-order valence-electron chi connectivity index (χ1n) is 12.2. The van der Waals surface area contributed by atoms with E-state index in [9.17, 15) is 14.4 Å². The Morgan fingerprint density at radius 1 is 0.889 bits per heavy atom. The minimum Gasteiger partial charge on any atom is -0.493 e. The summed E-state index contributed by atoms with van der Waals surface area (Å²) in [5, 5.41) is 0. The van der Waals surface area contributed by atoms with Crippen molar-refractivity contribution >= 4 is 23.4 Å². The van der Waals surface area contributed by atoms with Crippen LogP contribution in [-0.4, -0.2) is 81.6 Å². The standard InChI is InChI=1S/C27H33N3O6/c1-5-18-6-8-19(9-7-18)26(32)28-10-12-29(13-11-28)27(33)20-14-24(31)30(17-20)21-15-22(34-2)25(36-4)23(16-21)35-3/h6-9,15-16,20H,5,10-14,17H2,1-4H3. The molecule has 0 saturated carbocycles. The van der Waals surface area contributed by atoms with E-state index in [0.717, 1.165) is 6.42 Å². The molecule has 2 aromatic carbocycles. The fourth-order valence-corrected chi connectivity index (χ4v) is 4.80. The first kappa shape index (κ1) is 25.3. The van der Waals surface area contributed by atoms with Crippen LogP contribution in [0.15, 0.2) is 36.4 Å². The van der Waals surface area contributed by atoms with Gasteiger partial charge in [-0.25, -0.2) is 0 Å². The van der Waals surface area contributed by atoms with E-state index in [1.165, 1.54) is 26.9 Å². The van der Waals surface area contributed by atoms with Crippen molar-refractivity contribution in [1.29, 1.82) is 0 Å². The van der Waals surface area contributed by atoms with Gasteiger partial charge in [-0.2, -0.15) is 0 Å². The van der Waals surface area contributed by atoms with Crippen molar-refractivity contribution in [2.75, 3.05) is 59.0 Å². The van der Waals surface area contributed by atoms with Crippen LogP contribution in [0.5, 0.6) is 17.2 Å². The fourth-order valence-electron chi connectivity index (χ4n) is 4.80. The quantitative estimate of drug-likeness (QED) is 0.587. The molecule has 192 valence electrons. The first-order valence-corrected chi connectivity index (χ1v) is 12.2. The molecule has 2 fully saturated rings. The molecular weight excluding hydrogens is 462 g/mol. The molecule has 9 heteroatoms. The summed E-state index contributed by atoms with van der Waals surface area (Å²) in [5.41, 5.74) is 2.44. The highest BCUT2D eigenvalue weighted by Crippen LogP contribution is 2.42. The summed E-state index contributed by atoms with van der Waals surface area (Å²) in [6.07, 6.45) is 1.06. The van der Waals surface area contributed by atoms with Gasteiger partial charge in [0, 0.05) is 56.8 Å². The number of ether oxygens (including phenoxy) is 3. The maximum absolute atomic E-state index is 13.3. The van der Waals surface area contributed by atoms with Gasteiger partial charge in [0.25, 0.3) is 5.91 Å². The Balaban J connectivity index is 1.39. The molecule has 0 aliphatic carbocycles. The Bertz CT molecular complexity index is 1100. The second-order valence-electron chi connectivity index (χ2n) is 8.96. The molecule has 4 rings (SSSR count). The van der Waals surface area contributed by atoms with E-state index in [1.807, 2.05) is 24.3 Å². The molecule has 2 heterocycles. The maximum Gasteiger partial charge on any atom is 0.253 e. The van der Waals surface area contributed by atoms with Crippen LogP contribution in [0.1, 0.15) is 29.3 Å². The van der Waals surface area contributed by atoms with Gasteiger partial charge in [0.05, 0.1) is 32.9 Å². The van der Waals surface area contributed by atoms with Crippen LogP contribution in [0.25, 0.3) is 0 Å². The Morgan fingerprint density at radius 2 is 1.47 bits per heavy atom. The predicted molar refractivity (Wildman–Crippen MR) is 135 cm³/mol. The Hall–Kier alpha value is -3.75. The zero-order valence-electron chi connectivity index (χ0n) is 21.3. The zero-order chi connectivity index (χ0) is 25.8. The lowest BCUT2D eigenvalue weighted by Gasteiger charge is -2.36. The smallest absolute Gasteiger partial charge is 0.253 e. The van der Waals surface area contributed by atoms with Gasteiger partial charge < -0.3 is 28.9 Å². The van der Waals surface area contributed by atoms with E-state index in [4.69, 9.17) is 14.2 Å². The lowest BCUT2D eigenvalue weighted by Crippen LogP contribution is -2.52. The van der Waals surface area contributed by atoms with E-state index >= 15 is 0 Å². The van der Waals surface area contributed by atoms with Gasteiger partial charge in [-0.15, -0.1) is 0 Å². The van der Waals surface area contributed by atoms with Gasteiger partial charge in [-0.3, -0.25) is 14.4 Å². The predicted octanol–water partition coefficient (Wildman–Crippen LogP) is 2.61. The van der Waals surface area contributed by atoms with Gasteiger partial charge in [-0.1, -0.05) is 19.1 Å². The van der Waals surface area contributed by atoms with Crippen molar-refractivity contribution in [3.63, 3.8) is 0 Å². The molecule has 0 radical (unpaired) electrons. The zero-order valence-corrected chi connectivity index (χ0v) is 21.3. The average Bonchev–Trinajstić information content (AvgIpc) is 3.32. The van der Waals surface area contributed by atoms with Gasteiger partial charge in [0.2, 0.25) is 17.6 Å².